The summed E-state index contributed by atoms with van der Waals surface area (Å²) in [6.45, 7) is 4.09. The monoisotopic (exact) mass is 502 g/mol. The Morgan fingerprint density at radius 2 is 1.68 bits per heavy atom. The fourth-order valence-corrected chi connectivity index (χ4v) is 4.72. The Bertz CT molecular complexity index is 1600. The second-order valence-electron chi connectivity index (χ2n) is 9.29. The molecule has 9 heteroatoms. The van der Waals surface area contributed by atoms with Crippen molar-refractivity contribution in [2.75, 3.05) is 10.6 Å². The molecule has 0 bridgehead atoms. The van der Waals surface area contributed by atoms with Crippen molar-refractivity contribution in [1.29, 1.82) is 0 Å². The largest absolute Gasteiger partial charge is 0.327 e. The molecule has 6 rings (SSSR count). The molecule has 188 valence electrons. The van der Waals surface area contributed by atoms with Gasteiger partial charge < -0.3 is 10.6 Å². The number of nitrogens with zero attached hydrogens (tertiary/aromatic N) is 6. The van der Waals surface area contributed by atoms with E-state index in [2.05, 4.69) is 25.7 Å². The van der Waals surface area contributed by atoms with E-state index in [4.69, 9.17) is 5.10 Å². The molecule has 38 heavy (non-hydrogen) atoms. The number of rotatable bonds is 6. The summed E-state index contributed by atoms with van der Waals surface area (Å²) in [5.74, 6) is 0.786. The number of hydrogen-bond donors (Lipinski definition) is 2. The third-order valence-corrected chi connectivity index (χ3v) is 6.46. The summed E-state index contributed by atoms with van der Waals surface area (Å²) >= 11 is 0. The fraction of sp³-hybridized carbons (Fsp3) is 0.138. The van der Waals surface area contributed by atoms with Crippen molar-refractivity contribution < 1.29 is 4.79 Å². The van der Waals surface area contributed by atoms with Gasteiger partial charge in [0.1, 0.15) is 18.2 Å². The van der Waals surface area contributed by atoms with Crippen molar-refractivity contribution in [3.8, 4) is 16.9 Å². The van der Waals surface area contributed by atoms with Crippen LogP contribution >= 0.6 is 0 Å². The molecule has 1 aliphatic heterocycles. The minimum Gasteiger partial charge on any atom is -0.327 e. The Morgan fingerprint density at radius 3 is 2.39 bits per heavy atom. The number of aromatic nitrogens is 6. The average molecular weight is 503 g/mol. The molecule has 1 aliphatic rings. The zero-order valence-electron chi connectivity index (χ0n) is 21.0. The SMILES string of the molecule is CC(C)C1=C(C(=O)Nc2ccccn2)C(c2cn(-c3ccccc3)nc2-c2ccccc2)n2ncnc2N1. The van der Waals surface area contributed by atoms with Gasteiger partial charge in [0.05, 0.1) is 17.0 Å². The lowest BCUT2D eigenvalue weighted by Gasteiger charge is -2.31. The highest BCUT2D eigenvalue weighted by molar-refractivity contribution is 6.05. The molecule has 1 unspecified atom stereocenters. The molecule has 1 atom stereocenters. The summed E-state index contributed by atoms with van der Waals surface area (Å²) in [5.41, 5.74) is 4.75. The molecule has 2 N–H and O–H groups in total. The zero-order chi connectivity index (χ0) is 26.1. The van der Waals surface area contributed by atoms with Crippen LogP contribution in [0, 0.1) is 5.92 Å². The number of nitrogens with one attached hydrogen (secondary N) is 2. The van der Waals surface area contributed by atoms with E-state index in [1.54, 1.807) is 16.9 Å². The Labute approximate surface area is 219 Å². The quantitative estimate of drug-likeness (QED) is 0.335. The lowest BCUT2D eigenvalue weighted by molar-refractivity contribution is -0.113. The van der Waals surface area contributed by atoms with E-state index in [1.165, 1.54) is 6.33 Å². The van der Waals surface area contributed by atoms with E-state index < -0.39 is 6.04 Å². The van der Waals surface area contributed by atoms with Gasteiger partial charge in [-0.25, -0.2) is 14.3 Å². The molecule has 0 aliphatic carbocycles. The van der Waals surface area contributed by atoms with Gasteiger partial charge in [0.25, 0.3) is 5.91 Å². The number of para-hydroxylation sites is 1. The summed E-state index contributed by atoms with van der Waals surface area (Å²) in [7, 11) is 0. The van der Waals surface area contributed by atoms with Gasteiger partial charge in [-0.05, 0) is 30.2 Å². The Kier molecular flexibility index (Phi) is 6.01. The molecule has 0 saturated carbocycles. The molecule has 0 spiro atoms. The maximum atomic E-state index is 14.0. The summed E-state index contributed by atoms with van der Waals surface area (Å²) < 4.78 is 3.59. The van der Waals surface area contributed by atoms with Crippen LogP contribution in [0.15, 0.2) is 109 Å². The number of benzene rings is 2. The van der Waals surface area contributed by atoms with Gasteiger partial charge in [-0.3, -0.25) is 4.79 Å². The standard InChI is InChI=1S/C29H26N8O/c1-19(2)25-24(28(38)33-23-15-9-10-16-30-23)27(37-29(34-25)31-18-32-37)22-17-36(21-13-7-4-8-14-21)35-26(22)20-11-5-3-6-12-20/h3-19,27H,1-2H3,(H,30,33,38)(H,31,32,34). The Morgan fingerprint density at radius 1 is 0.947 bits per heavy atom. The van der Waals surface area contributed by atoms with E-state index in [1.807, 2.05) is 97.5 Å². The zero-order valence-corrected chi connectivity index (χ0v) is 21.0. The molecule has 0 fully saturated rings. The van der Waals surface area contributed by atoms with Crippen LogP contribution in [0.4, 0.5) is 11.8 Å². The first-order chi connectivity index (χ1) is 18.6. The summed E-state index contributed by atoms with van der Waals surface area (Å²) in [5, 5.41) is 15.9. The van der Waals surface area contributed by atoms with Gasteiger partial charge in [0.15, 0.2) is 0 Å². The fourth-order valence-electron chi connectivity index (χ4n) is 4.72. The van der Waals surface area contributed by atoms with E-state index in [-0.39, 0.29) is 11.8 Å². The first-order valence-corrected chi connectivity index (χ1v) is 12.4. The number of anilines is 2. The van der Waals surface area contributed by atoms with Crippen molar-refractivity contribution >= 4 is 17.7 Å². The van der Waals surface area contributed by atoms with Gasteiger partial charge in [-0.15, -0.1) is 0 Å². The number of amides is 1. The second kappa shape index (κ2) is 9.78. The normalized spacial score (nSPS) is 14.8. The predicted molar refractivity (Wildman–Crippen MR) is 146 cm³/mol. The van der Waals surface area contributed by atoms with Crippen molar-refractivity contribution in [3.05, 3.63) is 114 Å². The molecule has 0 saturated heterocycles. The first-order valence-electron chi connectivity index (χ1n) is 12.4. The molecule has 3 aromatic heterocycles. The highest BCUT2D eigenvalue weighted by atomic mass is 16.1. The molecule has 1 amide bonds. The van der Waals surface area contributed by atoms with Crippen LogP contribution < -0.4 is 10.6 Å². The van der Waals surface area contributed by atoms with Crippen molar-refractivity contribution in [3.63, 3.8) is 0 Å². The Balaban J connectivity index is 1.57. The number of hydrogen-bond acceptors (Lipinski definition) is 6. The van der Waals surface area contributed by atoms with Crippen molar-refractivity contribution in [2.45, 2.75) is 19.9 Å². The third-order valence-electron chi connectivity index (χ3n) is 6.46. The van der Waals surface area contributed by atoms with Crippen LogP contribution in [0.1, 0.15) is 25.5 Å². The van der Waals surface area contributed by atoms with Crippen LogP contribution in [-0.2, 0) is 4.79 Å². The average Bonchev–Trinajstić information content (AvgIpc) is 3.61. The summed E-state index contributed by atoms with van der Waals surface area (Å²) in [6, 6.07) is 24.7. The van der Waals surface area contributed by atoms with Crippen LogP contribution in [0.5, 0.6) is 0 Å². The maximum Gasteiger partial charge on any atom is 0.257 e. The van der Waals surface area contributed by atoms with E-state index in [9.17, 15) is 4.79 Å². The first kappa shape index (κ1) is 23.4. The van der Waals surface area contributed by atoms with Gasteiger partial charge in [0, 0.05) is 29.2 Å². The minimum absolute atomic E-state index is 0.0109. The lowest BCUT2D eigenvalue weighted by atomic mass is 9.90. The molecule has 2 aromatic carbocycles. The predicted octanol–water partition coefficient (Wildman–Crippen LogP) is 5.09. The van der Waals surface area contributed by atoms with Crippen LogP contribution in [0.25, 0.3) is 16.9 Å². The number of fused-ring (bicyclic) bond motifs is 1. The smallest absolute Gasteiger partial charge is 0.257 e. The summed E-state index contributed by atoms with van der Waals surface area (Å²) in [6.07, 6.45) is 5.12. The maximum absolute atomic E-state index is 14.0. The molecular formula is C29H26N8O. The van der Waals surface area contributed by atoms with Crippen molar-refractivity contribution in [2.24, 2.45) is 5.92 Å². The van der Waals surface area contributed by atoms with E-state index >= 15 is 0 Å². The van der Waals surface area contributed by atoms with Gasteiger partial charge in [-0.1, -0.05) is 68.4 Å². The number of carbonyl (C=O) groups is 1. The number of pyridine rings is 1. The molecule has 5 aromatic rings. The molecule has 4 heterocycles. The van der Waals surface area contributed by atoms with Gasteiger partial charge in [0.2, 0.25) is 5.95 Å². The highest BCUT2D eigenvalue weighted by Crippen LogP contribution is 2.41. The molecular weight excluding hydrogens is 476 g/mol. The lowest BCUT2D eigenvalue weighted by Crippen LogP contribution is -2.33. The summed E-state index contributed by atoms with van der Waals surface area (Å²) in [4.78, 5) is 22.7. The highest BCUT2D eigenvalue weighted by Gasteiger charge is 2.38. The molecule has 0 radical (unpaired) electrons. The van der Waals surface area contributed by atoms with E-state index in [0.717, 1.165) is 28.2 Å². The second-order valence-corrected chi connectivity index (χ2v) is 9.29. The van der Waals surface area contributed by atoms with Crippen LogP contribution in [-0.4, -0.2) is 35.4 Å². The third kappa shape index (κ3) is 4.24. The topological polar surface area (TPSA) is 103 Å². The van der Waals surface area contributed by atoms with E-state index in [0.29, 0.717) is 17.3 Å². The number of allylic oxidation sites excluding steroid dienone is 1. The van der Waals surface area contributed by atoms with Crippen LogP contribution in [0.2, 0.25) is 0 Å². The van der Waals surface area contributed by atoms with Gasteiger partial charge in [-0.2, -0.15) is 15.2 Å². The minimum atomic E-state index is -0.581. The number of carbonyl (C=O) groups excluding carboxylic acids is 1. The Hall–Kier alpha value is -5.05. The van der Waals surface area contributed by atoms with Crippen molar-refractivity contribution in [1.82, 2.24) is 29.5 Å². The van der Waals surface area contributed by atoms with Gasteiger partial charge >= 0.3 is 0 Å². The van der Waals surface area contributed by atoms with Crippen LogP contribution in [0.3, 0.4) is 0 Å². The molecule has 9 nitrogen and oxygen atoms in total.